The Morgan fingerprint density at radius 1 is 1.14 bits per heavy atom. The molecule has 5 heteroatoms. The number of benzene rings is 1. The number of allylic oxidation sites excluding steroid dienone is 2. The molecule has 1 aromatic carbocycles. The third kappa shape index (κ3) is 7.58. The Hall–Kier alpha value is -1.95. The molecule has 0 heterocycles. The number of aryl methyl sites for hydroxylation is 1. The lowest BCUT2D eigenvalue weighted by molar-refractivity contribution is -0.137. The van der Waals surface area contributed by atoms with Crippen LogP contribution in [0.2, 0.25) is 0 Å². The van der Waals surface area contributed by atoms with Crippen molar-refractivity contribution >= 4 is 5.97 Å². The summed E-state index contributed by atoms with van der Waals surface area (Å²) in [5.41, 5.74) is 1.18. The number of aliphatic hydroxyl groups is 3. The summed E-state index contributed by atoms with van der Waals surface area (Å²) < 4.78 is 0. The van der Waals surface area contributed by atoms with Gasteiger partial charge in [-0.2, -0.15) is 0 Å². The molecule has 0 bridgehead atoms. The number of hydrogen-bond acceptors (Lipinski definition) is 4. The molecule has 5 nitrogen and oxygen atoms in total. The molecule has 4 N–H and O–H groups in total. The SMILES string of the molecule is O=C(O)CCC/C=C\C[C@@H]1[C@@H](/C=C/[C@H](O)CCc2ccccc2)[C@@H](O)C[C@@H]1O. The van der Waals surface area contributed by atoms with Gasteiger partial charge >= 0.3 is 5.97 Å². The summed E-state index contributed by atoms with van der Waals surface area (Å²) in [7, 11) is 0. The number of unbranched alkanes of at least 4 members (excludes halogenated alkanes) is 1. The van der Waals surface area contributed by atoms with Crippen molar-refractivity contribution in [3.63, 3.8) is 0 Å². The van der Waals surface area contributed by atoms with E-state index in [1.54, 1.807) is 6.08 Å². The molecule has 154 valence electrons. The van der Waals surface area contributed by atoms with Gasteiger partial charge in [0.05, 0.1) is 18.3 Å². The van der Waals surface area contributed by atoms with E-state index in [1.165, 1.54) is 5.56 Å². The van der Waals surface area contributed by atoms with Gasteiger partial charge in [-0.15, -0.1) is 0 Å². The average Bonchev–Trinajstić information content (AvgIpc) is 2.94. The maximum atomic E-state index is 10.5. The quantitative estimate of drug-likeness (QED) is 0.345. The summed E-state index contributed by atoms with van der Waals surface area (Å²) in [5.74, 6) is -1.08. The fraction of sp³-hybridized carbons (Fsp3) is 0.522. The van der Waals surface area contributed by atoms with Crippen LogP contribution in [0, 0.1) is 11.8 Å². The predicted octanol–water partition coefficient (Wildman–Crippen LogP) is 3.10. The highest BCUT2D eigenvalue weighted by atomic mass is 16.4. The fourth-order valence-corrected chi connectivity index (χ4v) is 3.76. The van der Waals surface area contributed by atoms with Crippen molar-refractivity contribution in [1.29, 1.82) is 0 Å². The van der Waals surface area contributed by atoms with Crippen molar-refractivity contribution in [3.8, 4) is 0 Å². The Balaban J connectivity index is 1.82. The largest absolute Gasteiger partial charge is 0.481 e. The van der Waals surface area contributed by atoms with E-state index in [0.29, 0.717) is 32.1 Å². The number of carboxylic acids is 1. The Kier molecular flexibility index (Phi) is 9.41. The van der Waals surface area contributed by atoms with E-state index >= 15 is 0 Å². The zero-order chi connectivity index (χ0) is 20.4. The lowest BCUT2D eigenvalue weighted by atomic mass is 9.89. The first kappa shape index (κ1) is 22.3. The van der Waals surface area contributed by atoms with Crippen molar-refractivity contribution in [2.45, 2.75) is 63.3 Å². The van der Waals surface area contributed by atoms with Gasteiger partial charge < -0.3 is 20.4 Å². The van der Waals surface area contributed by atoms with Crippen molar-refractivity contribution < 1.29 is 25.2 Å². The van der Waals surface area contributed by atoms with Gasteiger partial charge in [0.1, 0.15) is 0 Å². The minimum absolute atomic E-state index is 0.0942. The van der Waals surface area contributed by atoms with Gasteiger partial charge in [0.25, 0.3) is 0 Å². The Labute approximate surface area is 167 Å². The van der Waals surface area contributed by atoms with E-state index in [4.69, 9.17) is 5.11 Å². The van der Waals surface area contributed by atoms with E-state index in [-0.39, 0.29) is 18.3 Å². The fourth-order valence-electron chi connectivity index (χ4n) is 3.76. The summed E-state index contributed by atoms with van der Waals surface area (Å²) in [4.78, 5) is 10.5. The average molecular weight is 389 g/mol. The monoisotopic (exact) mass is 388 g/mol. The van der Waals surface area contributed by atoms with E-state index < -0.39 is 24.3 Å². The molecule has 28 heavy (non-hydrogen) atoms. The topological polar surface area (TPSA) is 98.0 Å². The van der Waals surface area contributed by atoms with Crippen molar-refractivity contribution in [3.05, 3.63) is 60.2 Å². The van der Waals surface area contributed by atoms with E-state index in [2.05, 4.69) is 0 Å². The highest BCUT2D eigenvalue weighted by Crippen LogP contribution is 2.36. The maximum Gasteiger partial charge on any atom is 0.303 e. The van der Waals surface area contributed by atoms with Crippen LogP contribution in [0.5, 0.6) is 0 Å². The summed E-state index contributed by atoms with van der Waals surface area (Å²) in [6, 6.07) is 9.99. The smallest absolute Gasteiger partial charge is 0.303 e. The Morgan fingerprint density at radius 3 is 2.61 bits per heavy atom. The predicted molar refractivity (Wildman–Crippen MR) is 109 cm³/mol. The molecule has 0 amide bonds. The first-order valence-electron chi connectivity index (χ1n) is 10.1. The molecule has 1 aromatic rings. The van der Waals surface area contributed by atoms with Crippen LogP contribution in [0.25, 0.3) is 0 Å². The van der Waals surface area contributed by atoms with Gasteiger partial charge in [-0.3, -0.25) is 4.79 Å². The molecule has 1 aliphatic carbocycles. The van der Waals surface area contributed by atoms with Gasteiger partial charge in [-0.1, -0.05) is 54.6 Å². The Bertz CT molecular complexity index is 640. The van der Waals surface area contributed by atoms with Crippen LogP contribution in [0.15, 0.2) is 54.6 Å². The molecule has 0 saturated heterocycles. The van der Waals surface area contributed by atoms with Crippen molar-refractivity contribution in [2.24, 2.45) is 11.8 Å². The summed E-state index contributed by atoms with van der Waals surface area (Å²) >= 11 is 0. The van der Waals surface area contributed by atoms with Crippen LogP contribution in [0.3, 0.4) is 0 Å². The van der Waals surface area contributed by atoms with E-state index in [1.807, 2.05) is 48.6 Å². The number of carbonyl (C=O) groups is 1. The molecule has 0 radical (unpaired) electrons. The molecular formula is C23H32O5. The summed E-state index contributed by atoms with van der Waals surface area (Å²) in [6.07, 6.45) is 9.51. The van der Waals surface area contributed by atoms with Crippen LogP contribution in [-0.2, 0) is 11.2 Å². The molecule has 1 saturated carbocycles. The highest BCUT2D eigenvalue weighted by molar-refractivity contribution is 5.66. The van der Waals surface area contributed by atoms with E-state index in [0.717, 1.165) is 6.42 Å². The lowest BCUT2D eigenvalue weighted by Crippen LogP contribution is -2.20. The standard InChI is InChI=1S/C23H32O5/c24-18(13-12-17-8-4-3-5-9-17)14-15-20-19(21(25)16-22(20)26)10-6-1-2-7-11-23(27)28/h1,3-6,8-9,14-15,18-22,24-26H,2,7,10-13,16H2,(H,27,28)/b6-1-,15-14+/t18-,19-,20-,21+,22+/m1/s1. The van der Waals surface area contributed by atoms with E-state index in [9.17, 15) is 20.1 Å². The number of carboxylic acid groups (broad SMARTS) is 1. The normalized spacial score (nSPS) is 26.2. The Morgan fingerprint density at radius 2 is 1.89 bits per heavy atom. The lowest BCUT2D eigenvalue weighted by Gasteiger charge is -2.19. The second-order valence-electron chi connectivity index (χ2n) is 7.58. The van der Waals surface area contributed by atoms with Gasteiger partial charge in [0.15, 0.2) is 0 Å². The number of aliphatic hydroxyl groups excluding tert-OH is 3. The summed E-state index contributed by atoms with van der Waals surface area (Å²) in [6.45, 7) is 0. The molecule has 0 aromatic heterocycles. The van der Waals surface area contributed by atoms with Gasteiger partial charge in [0.2, 0.25) is 0 Å². The molecule has 5 atom stereocenters. The first-order valence-corrected chi connectivity index (χ1v) is 10.1. The van der Waals surface area contributed by atoms with Gasteiger partial charge in [-0.05, 0) is 43.6 Å². The van der Waals surface area contributed by atoms with Crippen molar-refractivity contribution in [2.75, 3.05) is 0 Å². The minimum Gasteiger partial charge on any atom is -0.481 e. The number of rotatable bonds is 11. The molecule has 0 spiro atoms. The van der Waals surface area contributed by atoms with Crippen LogP contribution in [0.4, 0.5) is 0 Å². The number of hydrogen-bond donors (Lipinski definition) is 4. The molecule has 2 rings (SSSR count). The van der Waals surface area contributed by atoms with Crippen LogP contribution in [-0.4, -0.2) is 44.7 Å². The molecule has 1 aliphatic rings. The van der Waals surface area contributed by atoms with Crippen LogP contribution in [0.1, 0.15) is 44.1 Å². The molecule has 0 aliphatic heterocycles. The maximum absolute atomic E-state index is 10.5. The zero-order valence-corrected chi connectivity index (χ0v) is 16.2. The molecule has 0 unspecified atom stereocenters. The molecular weight excluding hydrogens is 356 g/mol. The zero-order valence-electron chi connectivity index (χ0n) is 16.2. The minimum atomic E-state index is -0.793. The van der Waals surface area contributed by atoms with Crippen molar-refractivity contribution in [1.82, 2.24) is 0 Å². The number of aliphatic carboxylic acids is 1. The third-order valence-corrected chi connectivity index (χ3v) is 5.38. The van der Waals surface area contributed by atoms with Crippen LogP contribution >= 0.6 is 0 Å². The highest BCUT2D eigenvalue weighted by Gasteiger charge is 2.39. The van der Waals surface area contributed by atoms with Gasteiger partial charge in [0, 0.05) is 18.8 Å². The summed E-state index contributed by atoms with van der Waals surface area (Å²) in [5, 5.41) is 39.4. The second kappa shape index (κ2) is 11.8. The third-order valence-electron chi connectivity index (χ3n) is 5.38. The molecule has 1 fully saturated rings. The van der Waals surface area contributed by atoms with Gasteiger partial charge in [-0.25, -0.2) is 0 Å². The van der Waals surface area contributed by atoms with Crippen LogP contribution < -0.4 is 0 Å². The first-order chi connectivity index (χ1) is 13.5. The second-order valence-corrected chi connectivity index (χ2v) is 7.58.